The van der Waals surface area contributed by atoms with E-state index in [4.69, 9.17) is 0 Å². The van der Waals surface area contributed by atoms with E-state index in [-0.39, 0.29) is 6.54 Å². The Hall–Kier alpha value is -2.76. The van der Waals surface area contributed by atoms with E-state index in [1.165, 1.54) is 4.90 Å². The van der Waals surface area contributed by atoms with Gasteiger partial charge in [0.2, 0.25) is 0 Å². The largest absolute Gasteiger partial charge is 0.380 e. The lowest BCUT2D eigenvalue weighted by atomic mass is 10.1. The second kappa shape index (κ2) is 9.80. The Bertz CT molecular complexity index is 1110. The first-order valence-electron chi connectivity index (χ1n) is 10.2. The number of nitrogens with one attached hydrogen (secondary N) is 1. The van der Waals surface area contributed by atoms with Gasteiger partial charge in [0.25, 0.3) is 11.8 Å². The maximum absolute atomic E-state index is 12.6. The van der Waals surface area contributed by atoms with Gasteiger partial charge in [0, 0.05) is 22.9 Å². The molecule has 0 saturated heterocycles. The van der Waals surface area contributed by atoms with E-state index >= 15 is 0 Å². The summed E-state index contributed by atoms with van der Waals surface area (Å²) in [4.78, 5) is 26.3. The normalized spacial score (nSPS) is 14.7. The van der Waals surface area contributed by atoms with Crippen molar-refractivity contribution in [2.24, 2.45) is 0 Å². The van der Waals surface area contributed by atoms with E-state index in [9.17, 15) is 19.8 Å². The van der Waals surface area contributed by atoms with E-state index in [0.29, 0.717) is 25.3 Å². The van der Waals surface area contributed by atoms with Gasteiger partial charge in [-0.15, -0.1) is 0 Å². The number of fused-ring (bicyclic) bond motifs is 1. The van der Waals surface area contributed by atoms with Crippen LogP contribution >= 0.6 is 22.6 Å². The Labute approximate surface area is 199 Å². The predicted molar refractivity (Wildman–Crippen MR) is 125 cm³/mol. The second-order valence-electron chi connectivity index (χ2n) is 7.67. The number of aliphatic hydroxyl groups excluding tert-OH is 2. The van der Waals surface area contributed by atoms with E-state index in [1.807, 2.05) is 54.7 Å². The van der Waals surface area contributed by atoms with Crippen LogP contribution in [0.2, 0.25) is 0 Å². The van der Waals surface area contributed by atoms with Gasteiger partial charge in [-0.3, -0.25) is 14.3 Å². The summed E-state index contributed by atoms with van der Waals surface area (Å²) in [6, 6.07) is 17.4. The predicted octanol–water partition coefficient (Wildman–Crippen LogP) is 1.42. The third-order valence-corrected chi connectivity index (χ3v) is 6.46. The molecular weight excluding hydrogens is 523 g/mol. The molecule has 0 saturated carbocycles. The molecular formula is C23H23IN4O4. The van der Waals surface area contributed by atoms with Gasteiger partial charge in [-0.1, -0.05) is 42.5 Å². The SMILES string of the molecule is O=C(NCc1ccn(Cc2ccccc2I)n1)[C@H](O)[C@@H](O)C(=O)N1Cc2ccccc2C1. The molecule has 0 bridgehead atoms. The maximum atomic E-state index is 12.6. The zero-order chi connectivity index (χ0) is 22.7. The fourth-order valence-electron chi connectivity index (χ4n) is 3.62. The second-order valence-corrected chi connectivity index (χ2v) is 8.83. The standard InChI is InChI=1S/C23H23IN4O4/c24-19-8-4-3-7-17(19)14-28-10-9-18(26-28)11-25-22(31)20(29)21(30)23(32)27-12-15-5-1-2-6-16(15)13-27/h1-10,20-21,29-30H,11-14H2,(H,25,31)/t20-,21-/m1/s1. The molecule has 0 unspecified atom stereocenters. The number of aromatic nitrogens is 2. The van der Waals surface area contributed by atoms with Crippen LogP contribution in [0.5, 0.6) is 0 Å². The van der Waals surface area contributed by atoms with Crippen LogP contribution in [-0.2, 0) is 35.8 Å². The van der Waals surface area contributed by atoms with E-state index in [2.05, 4.69) is 33.0 Å². The number of amides is 2. The van der Waals surface area contributed by atoms with Crippen LogP contribution in [0.3, 0.4) is 0 Å². The molecule has 2 aromatic carbocycles. The minimum Gasteiger partial charge on any atom is -0.380 e. The molecule has 32 heavy (non-hydrogen) atoms. The van der Waals surface area contributed by atoms with Gasteiger partial charge < -0.3 is 20.4 Å². The number of hydrogen-bond donors (Lipinski definition) is 3. The lowest BCUT2D eigenvalue weighted by Gasteiger charge is -2.22. The summed E-state index contributed by atoms with van der Waals surface area (Å²) >= 11 is 2.27. The van der Waals surface area contributed by atoms with Crippen LogP contribution in [0.4, 0.5) is 0 Å². The van der Waals surface area contributed by atoms with Crippen molar-refractivity contribution >= 4 is 34.4 Å². The molecule has 2 atom stereocenters. The number of benzene rings is 2. The van der Waals surface area contributed by atoms with Crippen LogP contribution in [0.25, 0.3) is 0 Å². The summed E-state index contributed by atoms with van der Waals surface area (Å²) < 4.78 is 2.90. The highest BCUT2D eigenvalue weighted by Crippen LogP contribution is 2.23. The molecule has 3 aromatic rings. The summed E-state index contributed by atoms with van der Waals surface area (Å²) in [5.41, 5.74) is 3.72. The number of rotatable bonds is 7. The Balaban J connectivity index is 1.29. The van der Waals surface area contributed by atoms with Crippen molar-refractivity contribution < 1.29 is 19.8 Å². The van der Waals surface area contributed by atoms with Gasteiger partial charge in [-0.2, -0.15) is 5.10 Å². The molecule has 0 fully saturated rings. The smallest absolute Gasteiger partial charge is 0.255 e. The zero-order valence-corrected chi connectivity index (χ0v) is 19.3. The highest BCUT2D eigenvalue weighted by molar-refractivity contribution is 14.1. The van der Waals surface area contributed by atoms with Crippen LogP contribution in [-0.4, -0.2) is 48.9 Å². The summed E-state index contributed by atoms with van der Waals surface area (Å²) in [7, 11) is 0. The van der Waals surface area contributed by atoms with Gasteiger partial charge in [-0.05, 0) is 51.4 Å². The van der Waals surface area contributed by atoms with Crippen molar-refractivity contribution in [3.63, 3.8) is 0 Å². The molecule has 1 aliphatic heterocycles. The highest BCUT2D eigenvalue weighted by Gasteiger charge is 2.35. The molecule has 4 rings (SSSR count). The molecule has 166 valence electrons. The average Bonchev–Trinajstić information content (AvgIpc) is 3.44. The number of carbonyl (C=O) groups is 2. The number of halogens is 1. The summed E-state index contributed by atoms with van der Waals surface area (Å²) in [5, 5.41) is 27.4. The Kier molecular flexibility index (Phi) is 6.87. The number of aliphatic hydroxyl groups is 2. The molecule has 3 N–H and O–H groups in total. The van der Waals surface area contributed by atoms with Gasteiger partial charge >= 0.3 is 0 Å². The average molecular weight is 546 g/mol. The molecule has 0 aliphatic carbocycles. The fraction of sp³-hybridized carbons (Fsp3) is 0.261. The minimum absolute atomic E-state index is 0.0742. The Morgan fingerprint density at radius 3 is 2.34 bits per heavy atom. The van der Waals surface area contributed by atoms with E-state index in [0.717, 1.165) is 20.3 Å². The maximum Gasteiger partial charge on any atom is 0.255 e. The monoisotopic (exact) mass is 546 g/mol. The summed E-state index contributed by atoms with van der Waals surface area (Å²) in [5.74, 6) is -1.50. The Morgan fingerprint density at radius 2 is 1.66 bits per heavy atom. The van der Waals surface area contributed by atoms with Crippen molar-refractivity contribution in [1.29, 1.82) is 0 Å². The molecule has 2 heterocycles. The van der Waals surface area contributed by atoms with Crippen LogP contribution in [0.15, 0.2) is 60.8 Å². The molecule has 0 spiro atoms. The number of carbonyl (C=O) groups excluding carboxylic acids is 2. The quantitative estimate of drug-likeness (QED) is 0.389. The van der Waals surface area contributed by atoms with Crippen molar-refractivity contribution in [2.45, 2.75) is 38.4 Å². The first-order chi connectivity index (χ1) is 15.4. The topological polar surface area (TPSA) is 108 Å². The van der Waals surface area contributed by atoms with Crippen LogP contribution < -0.4 is 5.32 Å². The van der Waals surface area contributed by atoms with Gasteiger partial charge in [0.1, 0.15) is 0 Å². The third-order valence-electron chi connectivity index (χ3n) is 5.40. The Morgan fingerprint density at radius 1 is 1.00 bits per heavy atom. The van der Waals surface area contributed by atoms with Gasteiger partial charge in [0.05, 0.1) is 18.8 Å². The highest BCUT2D eigenvalue weighted by atomic mass is 127. The van der Waals surface area contributed by atoms with Crippen LogP contribution in [0.1, 0.15) is 22.4 Å². The lowest BCUT2D eigenvalue weighted by Crippen LogP contribution is -2.49. The molecule has 1 aliphatic rings. The number of hydrogen-bond acceptors (Lipinski definition) is 5. The molecule has 2 amide bonds. The lowest BCUT2D eigenvalue weighted by molar-refractivity contribution is -0.153. The summed E-state index contributed by atoms with van der Waals surface area (Å²) in [6.07, 6.45) is -1.88. The van der Waals surface area contributed by atoms with E-state index in [1.54, 1.807) is 10.7 Å². The van der Waals surface area contributed by atoms with Crippen molar-refractivity contribution in [3.05, 3.63) is 86.7 Å². The van der Waals surface area contributed by atoms with Gasteiger partial charge in [-0.25, -0.2) is 0 Å². The van der Waals surface area contributed by atoms with E-state index < -0.39 is 24.0 Å². The first kappa shape index (κ1) is 22.4. The fourth-order valence-corrected chi connectivity index (χ4v) is 4.18. The summed E-state index contributed by atoms with van der Waals surface area (Å²) in [6.45, 7) is 1.36. The van der Waals surface area contributed by atoms with Crippen LogP contribution in [0, 0.1) is 3.57 Å². The molecule has 0 radical (unpaired) electrons. The molecule has 1 aromatic heterocycles. The van der Waals surface area contributed by atoms with Crippen molar-refractivity contribution in [3.8, 4) is 0 Å². The first-order valence-corrected chi connectivity index (χ1v) is 11.3. The van der Waals surface area contributed by atoms with Crippen molar-refractivity contribution in [1.82, 2.24) is 20.0 Å². The number of nitrogens with zero attached hydrogens (tertiary/aromatic N) is 3. The zero-order valence-electron chi connectivity index (χ0n) is 17.2. The molecule has 9 heteroatoms. The van der Waals surface area contributed by atoms with Gasteiger partial charge in [0.15, 0.2) is 12.2 Å². The van der Waals surface area contributed by atoms with Crippen molar-refractivity contribution in [2.75, 3.05) is 0 Å². The molecule has 8 nitrogen and oxygen atoms in total. The minimum atomic E-state index is -1.86. The third kappa shape index (κ3) is 5.00.